The highest BCUT2D eigenvalue weighted by molar-refractivity contribution is 6.02. The van der Waals surface area contributed by atoms with E-state index in [1.165, 1.54) is 6.08 Å². The molecule has 0 aliphatic rings. The van der Waals surface area contributed by atoms with Crippen LogP contribution in [0.1, 0.15) is 26.3 Å². The standard InChI is InChI=1S/C21H24N2O4/c1-21(2,3)27-20(25)23-17-9-6-8-16(14-17)22-19(24)12-11-15-7-5-10-18(13-15)26-4/h5-14H,1-4H3,(H,22,24)(H,23,25)/b12-11+. The van der Waals surface area contributed by atoms with E-state index in [4.69, 9.17) is 9.47 Å². The minimum absolute atomic E-state index is 0.285. The fourth-order valence-electron chi connectivity index (χ4n) is 2.20. The van der Waals surface area contributed by atoms with Gasteiger partial charge in [0.25, 0.3) is 0 Å². The van der Waals surface area contributed by atoms with Crippen LogP contribution < -0.4 is 15.4 Å². The molecule has 2 rings (SSSR count). The Morgan fingerprint density at radius 2 is 1.63 bits per heavy atom. The number of anilines is 2. The van der Waals surface area contributed by atoms with Crippen LogP contribution >= 0.6 is 0 Å². The number of carbonyl (C=O) groups is 2. The van der Waals surface area contributed by atoms with Gasteiger partial charge in [-0.3, -0.25) is 10.1 Å². The summed E-state index contributed by atoms with van der Waals surface area (Å²) in [5.41, 5.74) is 1.36. The number of hydrogen-bond donors (Lipinski definition) is 2. The lowest BCUT2D eigenvalue weighted by molar-refractivity contribution is -0.111. The predicted octanol–water partition coefficient (Wildman–Crippen LogP) is 4.69. The van der Waals surface area contributed by atoms with E-state index >= 15 is 0 Å². The number of ether oxygens (including phenoxy) is 2. The smallest absolute Gasteiger partial charge is 0.412 e. The molecule has 27 heavy (non-hydrogen) atoms. The molecule has 0 unspecified atom stereocenters. The number of rotatable bonds is 5. The molecule has 0 fully saturated rings. The van der Waals surface area contributed by atoms with Gasteiger partial charge >= 0.3 is 6.09 Å². The first-order valence-electron chi connectivity index (χ1n) is 8.48. The number of hydrogen-bond acceptors (Lipinski definition) is 4. The number of nitrogens with one attached hydrogen (secondary N) is 2. The third-order valence-corrected chi connectivity index (χ3v) is 3.30. The van der Waals surface area contributed by atoms with E-state index in [1.807, 2.05) is 24.3 Å². The van der Waals surface area contributed by atoms with Gasteiger partial charge in [0.1, 0.15) is 11.4 Å². The van der Waals surface area contributed by atoms with Gasteiger partial charge in [-0.15, -0.1) is 0 Å². The Kier molecular flexibility index (Phi) is 6.60. The molecular formula is C21H24N2O4. The lowest BCUT2D eigenvalue weighted by atomic mass is 10.2. The van der Waals surface area contributed by atoms with Crippen molar-refractivity contribution in [3.05, 3.63) is 60.2 Å². The van der Waals surface area contributed by atoms with Gasteiger partial charge in [0.2, 0.25) is 5.91 Å². The maximum Gasteiger partial charge on any atom is 0.412 e. The number of amides is 2. The molecule has 6 heteroatoms. The zero-order valence-electron chi connectivity index (χ0n) is 15.9. The van der Waals surface area contributed by atoms with Crippen LogP contribution in [0.15, 0.2) is 54.6 Å². The Labute approximate surface area is 159 Å². The molecule has 0 aliphatic carbocycles. The summed E-state index contributed by atoms with van der Waals surface area (Å²) in [5.74, 6) is 0.436. The van der Waals surface area contributed by atoms with Crippen LogP contribution in [0, 0.1) is 0 Å². The predicted molar refractivity (Wildman–Crippen MR) is 107 cm³/mol. The number of methoxy groups -OCH3 is 1. The molecule has 142 valence electrons. The molecule has 2 N–H and O–H groups in total. The van der Waals surface area contributed by atoms with E-state index in [2.05, 4.69) is 10.6 Å². The van der Waals surface area contributed by atoms with Crippen molar-refractivity contribution in [2.24, 2.45) is 0 Å². The highest BCUT2D eigenvalue weighted by Crippen LogP contribution is 2.17. The van der Waals surface area contributed by atoms with Gasteiger partial charge in [0.05, 0.1) is 7.11 Å². The van der Waals surface area contributed by atoms with Crippen LogP contribution in [0.2, 0.25) is 0 Å². The number of carbonyl (C=O) groups excluding carboxylic acids is 2. The average molecular weight is 368 g/mol. The maximum absolute atomic E-state index is 12.1. The minimum Gasteiger partial charge on any atom is -0.497 e. The molecule has 0 radical (unpaired) electrons. The van der Waals surface area contributed by atoms with Gasteiger partial charge in [0, 0.05) is 17.5 Å². The van der Waals surface area contributed by atoms with Crippen LogP contribution in [-0.2, 0) is 9.53 Å². The molecule has 0 atom stereocenters. The molecule has 2 aromatic carbocycles. The highest BCUT2D eigenvalue weighted by atomic mass is 16.6. The first-order valence-corrected chi connectivity index (χ1v) is 8.48. The summed E-state index contributed by atoms with van der Waals surface area (Å²) in [6.07, 6.45) is 2.58. The van der Waals surface area contributed by atoms with E-state index in [0.29, 0.717) is 11.4 Å². The summed E-state index contributed by atoms with van der Waals surface area (Å²) in [4.78, 5) is 24.0. The van der Waals surface area contributed by atoms with Crippen molar-refractivity contribution in [3.63, 3.8) is 0 Å². The van der Waals surface area contributed by atoms with Crippen molar-refractivity contribution in [2.45, 2.75) is 26.4 Å². The summed E-state index contributed by atoms with van der Waals surface area (Å²) < 4.78 is 10.4. The van der Waals surface area contributed by atoms with Gasteiger partial charge in [0.15, 0.2) is 0 Å². The fourth-order valence-corrected chi connectivity index (χ4v) is 2.20. The van der Waals surface area contributed by atoms with Gasteiger partial charge in [-0.2, -0.15) is 0 Å². The van der Waals surface area contributed by atoms with Crippen LogP contribution in [0.25, 0.3) is 6.08 Å². The Morgan fingerprint density at radius 1 is 0.963 bits per heavy atom. The molecule has 0 saturated heterocycles. The monoisotopic (exact) mass is 368 g/mol. The number of benzene rings is 2. The van der Waals surface area contributed by atoms with Gasteiger partial charge in [-0.05, 0) is 62.7 Å². The first kappa shape index (κ1) is 20.0. The van der Waals surface area contributed by atoms with E-state index in [-0.39, 0.29) is 5.91 Å². The Balaban J connectivity index is 1.97. The molecule has 0 bridgehead atoms. The maximum atomic E-state index is 12.1. The van der Waals surface area contributed by atoms with Gasteiger partial charge in [-0.25, -0.2) is 4.79 Å². The fraction of sp³-hybridized carbons (Fsp3) is 0.238. The van der Waals surface area contributed by atoms with Crippen molar-refractivity contribution >= 4 is 29.5 Å². The zero-order valence-corrected chi connectivity index (χ0v) is 15.9. The van der Waals surface area contributed by atoms with Crippen LogP contribution in [0.4, 0.5) is 16.2 Å². The Hall–Kier alpha value is -3.28. The van der Waals surface area contributed by atoms with Crippen LogP contribution in [0.3, 0.4) is 0 Å². The lowest BCUT2D eigenvalue weighted by Gasteiger charge is -2.19. The van der Waals surface area contributed by atoms with E-state index < -0.39 is 11.7 Å². The normalized spacial score (nSPS) is 11.1. The highest BCUT2D eigenvalue weighted by Gasteiger charge is 2.16. The summed E-state index contributed by atoms with van der Waals surface area (Å²) in [6.45, 7) is 5.37. The zero-order chi connectivity index (χ0) is 19.9. The SMILES string of the molecule is COc1cccc(/C=C/C(=O)Nc2cccc(NC(=O)OC(C)(C)C)c2)c1. The summed E-state index contributed by atoms with van der Waals surface area (Å²) in [5, 5.41) is 5.39. The second kappa shape index (κ2) is 8.89. The first-order chi connectivity index (χ1) is 12.7. The van der Waals surface area contributed by atoms with Gasteiger partial charge in [-0.1, -0.05) is 18.2 Å². The van der Waals surface area contributed by atoms with Crippen molar-refractivity contribution in [2.75, 3.05) is 17.7 Å². The van der Waals surface area contributed by atoms with Crippen LogP contribution in [-0.4, -0.2) is 24.7 Å². The summed E-state index contributed by atoms with van der Waals surface area (Å²) in [6, 6.07) is 14.2. The molecule has 6 nitrogen and oxygen atoms in total. The summed E-state index contributed by atoms with van der Waals surface area (Å²) >= 11 is 0. The molecule has 0 spiro atoms. The van der Waals surface area contributed by atoms with E-state index in [1.54, 1.807) is 58.2 Å². The summed E-state index contributed by atoms with van der Waals surface area (Å²) in [7, 11) is 1.59. The molecule has 0 heterocycles. The minimum atomic E-state index is -0.583. The quantitative estimate of drug-likeness (QED) is 0.751. The van der Waals surface area contributed by atoms with E-state index in [0.717, 1.165) is 11.3 Å². The van der Waals surface area contributed by atoms with Crippen molar-refractivity contribution in [3.8, 4) is 5.75 Å². The molecule has 0 aliphatic heterocycles. The second-order valence-electron chi connectivity index (χ2n) is 6.81. The Bertz CT molecular complexity index is 838. The molecule has 0 aromatic heterocycles. The molecule has 2 amide bonds. The Morgan fingerprint density at radius 3 is 2.30 bits per heavy atom. The lowest BCUT2D eigenvalue weighted by Crippen LogP contribution is -2.27. The van der Waals surface area contributed by atoms with Crippen molar-refractivity contribution < 1.29 is 19.1 Å². The molecule has 2 aromatic rings. The van der Waals surface area contributed by atoms with Gasteiger partial charge < -0.3 is 14.8 Å². The van der Waals surface area contributed by atoms with Crippen LogP contribution in [0.5, 0.6) is 5.75 Å². The molecular weight excluding hydrogens is 344 g/mol. The second-order valence-corrected chi connectivity index (χ2v) is 6.81. The third-order valence-electron chi connectivity index (χ3n) is 3.30. The van der Waals surface area contributed by atoms with Crippen molar-refractivity contribution in [1.82, 2.24) is 0 Å². The van der Waals surface area contributed by atoms with E-state index in [9.17, 15) is 9.59 Å². The largest absolute Gasteiger partial charge is 0.497 e. The molecule has 0 saturated carbocycles. The van der Waals surface area contributed by atoms with Crippen molar-refractivity contribution in [1.29, 1.82) is 0 Å². The third kappa shape index (κ3) is 7.23. The topological polar surface area (TPSA) is 76.7 Å². The average Bonchev–Trinajstić information content (AvgIpc) is 2.59.